The number of benzene rings is 1. The Hall–Kier alpha value is -1.44. The zero-order valence-electron chi connectivity index (χ0n) is 11.6. The second kappa shape index (κ2) is 6.14. The predicted molar refractivity (Wildman–Crippen MR) is 73.1 cm³/mol. The van der Waals surface area contributed by atoms with Crippen LogP contribution in [0.15, 0.2) is 18.2 Å². The molecule has 0 spiro atoms. The predicted octanol–water partition coefficient (Wildman–Crippen LogP) is 2.22. The first-order valence-electron chi connectivity index (χ1n) is 6.67. The molecule has 1 heterocycles. The van der Waals surface area contributed by atoms with Gasteiger partial charge in [-0.1, -0.05) is 0 Å². The molecule has 1 fully saturated rings. The first kappa shape index (κ1) is 14.0. The van der Waals surface area contributed by atoms with Crippen molar-refractivity contribution in [3.63, 3.8) is 0 Å². The van der Waals surface area contributed by atoms with Crippen LogP contribution in [0.4, 0.5) is 4.39 Å². The van der Waals surface area contributed by atoms with Crippen molar-refractivity contribution in [2.75, 3.05) is 27.2 Å². The normalized spacial score (nSPS) is 17.6. The quantitative estimate of drug-likeness (QED) is 0.836. The van der Waals surface area contributed by atoms with E-state index < -0.39 is 0 Å². The first-order chi connectivity index (χ1) is 9.10. The largest absolute Gasteiger partial charge is 0.306 e. The number of nitriles is 1. The number of nitrogens with zero attached hydrogens (tertiary/aromatic N) is 3. The molecule has 1 aromatic carbocycles. The van der Waals surface area contributed by atoms with Gasteiger partial charge in [-0.25, -0.2) is 4.39 Å². The van der Waals surface area contributed by atoms with Gasteiger partial charge in [-0.15, -0.1) is 0 Å². The van der Waals surface area contributed by atoms with E-state index >= 15 is 0 Å². The zero-order chi connectivity index (χ0) is 13.8. The Labute approximate surface area is 114 Å². The van der Waals surface area contributed by atoms with Crippen molar-refractivity contribution in [3.05, 3.63) is 35.1 Å². The summed E-state index contributed by atoms with van der Waals surface area (Å²) >= 11 is 0. The molecule has 0 N–H and O–H groups in total. The van der Waals surface area contributed by atoms with Gasteiger partial charge >= 0.3 is 0 Å². The molecular weight excluding hydrogens is 241 g/mol. The molecule has 19 heavy (non-hydrogen) atoms. The van der Waals surface area contributed by atoms with E-state index in [1.165, 1.54) is 12.1 Å². The molecule has 3 nitrogen and oxygen atoms in total. The van der Waals surface area contributed by atoms with E-state index in [9.17, 15) is 4.39 Å². The third-order valence-electron chi connectivity index (χ3n) is 3.86. The highest BCUT2D eigenvalue weighted by molar-refractivity contribution is 5.33. The van der Waals surface area contributed by atoms with Crippen molar-refractivity contribution in [1.29, 1.82) is 5.26 Å². The second-order valence-corrected chi connectivity index (χ2v) is 5.39. The van der Waals surface area contributed by atoms with E-state index in [1.54, 1.807) is 6.07 Å². The minimum Gasteiger partial charge on any atom is -0.306 e. The second-order valence-electron chi connectivity index (χ2n) is 5.39. The highest BCUT2D eigenvalue weighted by Gasteiger charge is 2.21. The third kappa shape index (κ3) is 3.52. The van der Waals surface area contributed by atoms with E-state index in [-0.39, 0.29) is 5.82 Å². The average Bonchev–Trinajstić information content (AvgIpc) is 2.42. The van der Waals surface area contributed by atoms with Gasteiger partial charge in [0.15, 0.2) is 0 Å². The number of hydrogen-bond donors (Lipinski definition) is 0. The van der Waals surface area contributed by atoms with Crippen LogP contribution in [0.2, 0.25) is 0 Å². The fraction of sp³-hybridized carbons (Fsp3) is 0.533. The lowest BCUT2D eigenvalue weighted by Crippen LogP contribution is -2.41. The van der Waals surface area contributed by atoms with Gasteiger partial charge in [-0.3, -0.25) is 4.90 Å². The minimum atomic E-state index is -0.214. The monoisotopic (exact) mass is 261 g/mol. The maximum Gasteiger partial charge on any atom is 0.127 e. The molecule has 1 aliphatic rings. The molecule has 4 heteroatoms. The molecule has 2 rings (SSSR count). The molecule has 0 atom stereocenters. The van der Waals surface area contributed by atoms with Crippen LogP contribution in [0, 0.1) is 17.1 Å². The zero-order valence-corrected chi connectivity index (χ0v) is 11.6. The molecule has 0 bridgehead atoms. The fourth-order valence-electron chi connectivity index (χ4n) is 2.60. The summed E-state index contributed by atoms with van der Waals surface area (Å²) in [6.45, 7) is 2.57. The van der Waals surface area contributed by atoms with Crippen molar-refractivity contribution in [1.82, 2.24) is 9.80 Å². The van der Waals surface area contributed by atoms with Crippen LogP contribution in [0.25, 0.3) is 0 Å². The number of hydrogen-bond acceptors (Lipinski definition) is 3. The molecule has 0 radical (unpaired) electrons. The summed E-state index contributed by atoms with van der Waals surface area (Å²) in [7, 11) is 4.22. The van der Waals surface area contributed by atoms with Gasteiger partial charge in [0.1, 0.15) is 5.82 Å². The molecule has 0 aromatic heterocycles. The highest BCUT2D eigenvalue weighted by atomic mass is 19.1. The lowest BCUT2D eigenvalue weighted by molar-refractivity contribution is 0.139. The van der Waals surface area contributed by atoms with Gasteiger partial charge in [-0.05, 0) is 58.2 Å². The van der Waals surface area contributed by atoms with E-state index in [4.69, 9.17) is 5.26 Å². The summed E-state index contributed by atoms with van der Waals surface area (Å²) in [5.74, 6) is -0.214. The van der Waals surface area contributed by atoms with Crippen molar-refractivity contribution in [3.8, 4) is 6.07 Å². The minimum absolute atomic E-state index is 0.214. The van der Waals surface area contributed by atoms with Gasteiger partial charge in [0.2, 0.25) is 0 Å². The maximum absolute atomic E-state index is 13.7. The summed E-state index contributed by atoms with van der Waals surface area (Å²) in [4.78, 5) is 4.52. The molecule has 0 amide bonds. The summed E-state index contributed by atoms with van der Waals surface area (Å²) in [5, 5.41) is 8.86. The van der Waals surface area contributed by atoms with Crippen molar-refractivity contribution in [2.24, 2.45) is 0 Å². The lowest BCUT2D eigenvalue weighted by atomic mass is 10.0. The molecule has 0 aliphatic carbocycles. The van der Waals surface area contributed by atoms with Crippen molar-refractivity contribution in [2.45, 2.75) is 25.4 Å². The van der Waals surface area contributed by atoms with Crippen LogP contribution < -0.4 is 0 Å². The number of piperidine rings is 1. The highest BCUT2D eigenvalue weighted by Crippen LogP contribution is 2.18. The van der Waals surface area contributed by atoms with Crippen LogP contribution in [-0.2, 0) is 6.54 Å². The fourth-order valence-corrected chi connectivity index (χ4v) is 2.60. The van der Waals surface area contributed by atoms with Crippen LogP contribution in [0.1, 0.15) is 24.0 Å². The van der Waals surface area contributed by atoms with Gasteiger partial charge < -0.3 is 4.90 Å². The van der Waals surface area contributed by atoms with Gasteiger partial charge in [0, 0.05) is 18.2 Å². The van der Waals surface area contributed by atoms with Crippen LogP contribution in [0.5, 0.6) is 0 Å². The molecule has 1 aliphatic heterocycles. The van der Waals surface area contributed by atoms with Gasteiger partial charge in [-0.2, -0.15) is 5.26 Å². The Morgan fingerprint density at radius 1 is 1.37 bits per heavy atom. The van der Waals surface area contributed by atoms with E-state index in [2.05, 4.69) is 30.0 Å². The van der Waals surface area contributed by atoms with Crippen molar-refractivity contribution < 1.29 is 4.39 Å². The molecule has 102 valence electrons. The number of rotatable bonds is 3. The van der Waals surface area contributed by atoms with Crippen LogP contribution >= 0.6 is 0 Å². The Balaban J connectivity index is 1.98. The molecule has 1 saturated heterocycles. The Kier molecular flexibility index (Phi) is 4.52. The SMILES string of the molecule is CN(C)C1CCN(Cc2cc(C#N)ccc2F)CC1. The average molecular weight is 261 g/mol. The topological polar surface area (TPSA) is 30.3 Å². The van der Waals surface area contributed by atoms with E-state index in [1.807, 2.05) is 0 Å². The number of halogens is 1. The van der Waals surface area contributed by atoms with Crippen molar-refractivity contribution >= 4 is 0 Å². The Bertz CT molecular complexity index is 471. The van der Waals surface area contributed by atoms with Gasteiger partial charge in [0.25, 0.3) is 0 Å². The summed E-state index contributed by atoms with van der Waals surface area (Å²) < 4.78 is 13.7. The van der Waals surface area contributed by atoms with Crippen LogP contribution in [-0.4, -0.2) is 43.0 Å². The Morgan fingerprint density at radius 2 is 2.05 bits per heavy atom. The van der Waals surface area contributed by atoms with Crippen LogP contribution in [0.3, 0.4) is 0 Å². The van der Waals surface area contributed by atoms with E-state index in [0.29, 0.717) is 23.7 Å². The Morgan fingerprint density at radius 3 is 2.63 bits per heavy atom. The standard InChI is InChI=1S/C15H20FN3/c1-18(2)14-5-7-19(8-6-14)11-13-9-12(10-17)3-4-15(13)16/h3-4,9,14H,5-8,11H2,1-2H3. The first-order valence-corrected chi connectivity index (χ1v) is 6.67. The summed E-state index contributed by atoms with van der Waals surface area (Å²) in [5.41, 5.74) is 1.15. The summed E-state index contributed by atoms with van der Waals surface area (Å²) in [6, 6.07) is 7.27. The maximum atomic E-state index is 13.7. The molecule has 1 aromatic rings. The summed E-state index contributed by atoms with van der Waals surface area (Å²) in [6.07, 6.45) is 2.24. The number of likely N-dealkylation sites (tertiary alicyclic amines) is 1. The molecular formula is C15H20FN3. The molecule has 0 saturated carbocycles. The van der Waals surface area contributed by atoms with Gasteiger partial charge in [0.05, 0.1) is 11.6 Å². The third-order valence-corrected chi connectivity index (χ3v) is 3.86. The molecule has 0 unspecified atom stereocenters. The van der Waals surface area contributed by atoms with E-state index in [0.717, 1.165) is 25.9 Å². The lowest BCUT2D eigenvalue weighted by Gasteiger charge is -2.35. The smallest absolute Gasteiger partial charge is 0.127 e.